The number of halogens is 2. The van der Waals surface area contributed by atoms with Crippen LogP contribution in [0.5, 0.6) is 0 Å². The Kier molecular flexibility index (Phi) is 16.5. The summed E-state index contributed by atoms with van der Waals surface area (Å²) in [7, 11) is 2.65. The van der Waals surface area contributed by atoms with Crippen LogP contribution in [0.15, 0.2) is 24.3 Å². The average molecular weight is 551 g/mol. The molecule has 2 aromatic rings. The number of pyridine rings is 2. The Morgan fingerprint density at radius 3 is 1.53 bits per heavy atom. The summed E-state index contributed by atoms with van der Waals surface area (Å²) in [6.07, 6.45) is 0.500. The van der Waals surface area contributed by atoms with E-state index in [-0.39, 0.29) is 18.0 Å². The molecule has 0 bridgehead atoms. The van der Waals surface area contributed by atoms with Crippen LogP contribution in [-0.4, -0.2) is 48.4 Å². The number of methoxy groups -OCH3 is 2. The zero-order valence-electron chi connectivity index (χ0n) is 16.2. The molecule has 0 aliphatic carbocycles. The summed E-state index contributed by atoms with van der Waals surface area (Å²) in [5, 5.41) is 0.489. The van der Waals surface area contributed by atoms with Gasteiger partial charge in [0.2, 0.25) is 0 Å². The third-order valence-corrected chi connectivity index (χ3v) is 3.47. The highest BCUT2D eigenvalue weighted by atomic mass is 127. The predicted octanol–water partition coefficient (Wildman–Crippen LogP) is 2.44. The van der Waals surface area contributed by atoms with Gasteiger partial charge in [-0.2, -0.15) is 19.2 Å². The zero-order valence-corrected chi connectivity index (χ0v) is 19.1. The van der Waals surface area contributed by atoms with Gasteiger partial charge in [0, 0.05) is 20.0 Å². The topological polar surface area (TPSA) is 147 Å². The number of carbonyl (C=O) groups is 2. The van der Waals surface area contributed by atoms with Crippen molar-refractivity contribution in [2.75, 3.05) is 14.2 Å². The van der Waals surface area contributed by atoms with E-state index in [1.165, 1.54) is 20.3 Å². The molecule has 2 rings (SSSR count). The van der Waals surface area contributed by atoms with E-state index in [1.54, 1.807) is 19.1 Å². The van der Waals surface area contributed by atoms with E-state index in [1.807, 2.05) is 13.0 Å². The maximum atomic E-state index is 11.0. The van der Waals surface area contributed by atoms with E-state index in [9.17, 15) is 9.59 Å². The highest BCUT2D eigenvalue weighted by molar-refractivity contribution is 14.1. The van der Waals surface area contributed by atoms with Gasteiger partial charge in [0.15, 0.2) is 0 Å². The molecular formula is C18H16ClIN2O8. The SMILES string of the molecule is COC(=O)c1cc(Cl)cc(C)n1.COC(=O)c1cc(I)cc(C)n1.O=C=O.O=C=O. The summed E-state index contributed by atoms with van der Waals surface area (Å²) in [6, 6.07) is 6.74. The Balaban J connectivity index is 0. The van der Waals surface area contributed by atoms with Crippen LogP contribution in [0.2, 0.25) is 5.02 Å². The standard InChI is InChI=1S/C8H8ClNO2.C8H8INO2.2CO2/c2*1-5-3-6(9)4-7(10-5)8(11)12-2;2*2-1-3/h2*3-4H,1-2H3;;. The van der Waals surface area contributed by atoms with Crippen LogP contribution >= 0.6 is 34.2 Å². The zero-order chi connectivity index (χ0) is 23.7. The van der Waals surface area contributed by atoms with Crippen LogP contribution in [0.1, 0.15) is 32.4 Å². The highest BCUT2D eigenvalue weighted by Crippen LogP contribution is 2.11. The Morgan fingerprint density at radius 1 is 0.833 bits per heavy atom. The Hall–Kier alpha value is -2.98. The molecule has 0 aliphatic rings. The van der Waals surface area contributed by atoms with Crippen LogP contribution in [0.4, 0.5) is 0 Å². The van der Waals surface area contributed by atoms with Crippen molar-refractivity contribution < 1.29 is 38.2 Å². The van der Waals surface area contributed by atoms with Crippen LogP contribution < -0.4 is 0 Å². The largest absolute Gasteiger partial charge is 0.464 e. The summed E-state index contributed by atoms with van der Waals surface area (Å²) >= 11 is 7.84. The number of aryl methyl sites for hydroxylation is 2. The number of carbonyl (C=O) groups excluding carboxylic acids is 6. The first-order chi connectivity index (χ1) is 14.1. The number of ether oxygens (including phenoxy) is 2. The van der Waals surface area contributed by atoms with E-state index in [4.69, 9.17) is 30.8 Å². The van der Waals surface area contributed by atoms with E-state index in [0.29, 0.717) is 16.4 Å². The van der Waals surface area contributed by atoms with Gasteiger partial charge in [0.1, 0.15) is 11.4 Å². The van der Waals surface area contributed by atoms with E-state index in [2.05, 4.69) is 42.0 Å². The number of hydrogen-bond acceptors (Lipinski definition) is 10. The summed E-state index contributed by atoms with van der Waals surface area (Å²) < 4.78 is 10.0. The van der Waals surface area contributed by atoms with Gasteiger partial charge in [-0.1, -0.05) is 11.6 Å². The van der Waals surface area contributed by atoms with Gasteiger partial charge >= 0.3 is 24.2 Å². The fourth-order valence-electron chi connectivity index (χ4n) is 1.67. The lowest BCUT2D eigenvalue weighted by Gasteiger charge is -2.00. The molecule has 0 unspecified atom stereocenters. The van der Waals surface area contributed by atoms with Gasteiger partial charge < -0.3 is 9.47 Å². The summed E-state index contributed by atoms with van der Waals surface area (Å²) in [5.41, 5.74) is 2.12. The van der Waals surface area contributed by atoms with Crippen LogP contribution in [0.25, 0.3) is 0 Å². The average Bonchev–Trinajstić information content (AvgIpc) is 2.67. The third-order valence-electron chi connectivity index (χ3n) is 2.63. The lowest BCUT2D eigenvalue weighted by Crippen LogP contribution is -2.05. The van der Waals surface area contributed by atoms with Crippen molar-refractivity contribution in [1.29, 1.82) is 0 Å². The van der Waals surface area contributed by atoms with Crippen molar-refractivity contribution >= 4 is 58.4 Å². The maximum Gasteiger partial charge on any atom is 0.373 e. The summed E-state index contributed by atoms with van der Waals surface area (Å²) in [6.45, 7) is 3.60. The van der Waals surface area contributed by atoms with Crippen LogP contribution in [-0.2, 0) is 28.7 Å². The quantitative estimate of drug-likeness (QED) is 0.403. The fraction of sp³-hybridized carbons (Fsp3) is 0.222. The maximum absolute atomic E-state index is 11.0. The molecule has 12 heteroatoms. The number of aromatic nitrogens is 2. The van der Waals surface area contributed by atoms with E-state index in [0.717, 1.165) is 9.26 Å². The van der Waals surface area contributed by atoms with Gasteiger partial charge in [-0.3, -0.25) is 0 Å². The normalized spacial score (nSPS) is 8.20. The van der Waals surface area contributed by atoms with Crippen molar-refractivity contribution in [1.82, 2.24) is 9.97 Å². The molecule has 0 aromatic carbocycles. The molecule has 0 radical (unpaired) electrons. The second-order valence-electron chi connectivity index (χ2n) is 4.77. The summed E-state index contributed by atoms with van der Waals surface area (Å²) in [5.74, 6) is -0.864. The van der Waals surface area contributed by atoms with Crippen molar-refractivity contribution in [2.24, 2.45) is 0 Å². The molecular weight excluding hydrogens is 535 g/mol. The lowest BCUT2D eigenvalue weighted by molar-refractivity contribution is -0.193. The van der Waals surface area contributed by atoms with Crippen LogP contribution in [0.3, 0.4) is 0 Å². The van der Waals surface area contributed by atoms with Crippen LogP contribution in [0, 0.1) is 17.4 Å². The predicted molar refractivity (Wildman–Crippen MR) is 108 cm³/mol. The van der Waals surface area contributed by atoms with Crippen molar-refractivity contribution in [3.05, 3.63) is 55.6 Å². The molecule has 0 fully saturated rings. The number of esters is 2. The van der Waals surface area contributed by atoms with Gasteiger partial charge in [-0.25, -0.2) is 19.6 Å². The second kappa shape index (κ2) is 16.9. The molecule has 0 aliphatic heterocycles. The van der Waals surface area contributed by atoms with Gasteiger partial charge in [0.25, 0.3) is 0 Å². The van der Waals surface area contributed by atoms with Crippen molar-refractivity contribution in [3.63, 3.8) is 0 Å². The van der Waals surface area contributed by atoms with E-state index >= 15 is 0 Å². The minimum absolute atomic E-state index is 0.238. The molecule has 0 N–H and O–H groups in total. The third kappa shape index (κ3) is 13.2. The number of nitrogens with zero attached hydrogens (tertiary/aromatic N) is 2. The molecule has 2 aromatic heterocycles. The molecule has 0 amide bonds. The van der Waals surface area contributed by atoms with Crippen molar-refractivity contribution in [2.45, 2.75) is 13.8 Å². The summed E-state index contributed by atoms with van der Waals surface area (Å²) in [4.78, 5) is 62.5. The van der Waals surface area contributed by atoms with Gasteiger partial charge in [-0.15, -0.1) is 0 Å². The molecule has 0 saturated heterocycles. The molecule has 0 saturated carbocycles. The van der Waals surface area contributed by atoms with Gasteiger partial charge in [-0.05, 0) is 60.7 Å². The Labute approximate surface area is 190 Å². The monoisotopic (exact) mass is 550 g/mol. The number of rotatable bonds is 2. The molecule has 0 atom stereocenters. The molecule has 30 heavy (non-hydrogen) atoms. The first kappa shape index (κ1) is 29.2. The Morgan fingerprint density at radius 2 is 1.20 bits per heavy atom. The minimum Gasteiger partial charge on any atom is -0.464 e. The Bertz CT molecular complexity index is 808. The number of hydrogen-bond donors (Lipinski definition) is 0. The van der Waals surface area contributed by atoms with E-state index < -0.39 is 11.9 Å². The molecule has 160 valence electrons. The van der Waals surface area contributed by atoms with Gasteiger partial charge in [0.05, 0.1) is 14.2 Å². The fourth-order valence-corrected chi connectivity index (χ4v) is 2.68. The lowest BCUT2D eigenvalue weighted by atomic mass is 10.3. The highest BCUT2D eigenvalue weighted by Gasteiger charge is 2.08. The first-order valence-electron chi connectivity index (χ1n) is 7.53. The van der Waals surface area contributed by atoms with Crippen molar-refractivity contribution in [3.8, 4) is 0 Å². The second-order valence-corrected chi connectivity index (χ2v) is 6.46. The first-order valence-corrected chi connectivity index (χ1v) is 8.99. The molecule has 0 spiro atoms. The molecule has 10 nitrogen and oxygen atoms in total. The molecule has 2 heterocycles. The minimum atomic E-state index is -0.472. The smallest absolute Gasteiger partial charge is 0.373 e.